The molecule has 6 heteroatoms. The van der Waals surface area contributed by atoms with Crippen molar-refractivity contribution in [1.29, 1.82) is 0 Å². The fraction of sp³-hybridized carbons (Fsp3) is 0. The van der Waals surface area contributed by atoms with E-state index in [0.717, 1.165) is 3.58 Å². The van der Waals surface area contributed by atoms with E-state index in [0.29, 0.717) is 0 Å². The molecule has 0 aliphatic carbocycles. The van der Waals surface area contributed by atoms with Crippen molar-refractivity contribution in [3.63, 3.8) is 0 Å². The molecule has 0 fully saturated rings. The van der Waals surface area contributed by atoms with E-state index < -0.39 is 17.5 Å². The number of hydrogen-bond acceptors (Lipinski definition) is 0. The molecular weight excluding hydrogens is 368 g/mol. The summed E-state index contributed by atoms with van der Waals surface area (Å²) in [6.07, 6.45) is 0. The third-order valence-corrected chi connectivity index (χ3v) is 6.12. The number of benzene rings is 1. The Labute approximate surface area is 105 Å². The van der Waals surface area contributed by atoms with Crippen LogP contribution in [0.25, 0.3) is 0 Å². The second kappa shape index (κ2) is 10.5. The molecule has 0 bridgehead atoms. The summed E-state index contributed by atoms with van der Waals surface area (Å²) in [5.74, 6) is 0. The van der Waals surface area contributed by atoms with Crippen LogP contribution in [0.1, 0.15) is 0 Å². The molecule has 0 amide bonds. The van der Waals surface area contributed by atoms with Crippen LogP contribution in [-0.2, 0) is 0 Å². The molecule has 0 saturated carbocycles. The Bertz CT molecular complexity index is 179. The van der Waals surface area contributed by atoms with Crippen LogP contribution in [0, 0.1) is 0 Å². The third-order valence-electron chi connectivity index (χ3n) is 0.992. The Kier molecular flexibility index (Phi) is 16.8. The number of rotatable bonds is 1. The zero-order valence-electron chi connectivity index (χ0n) is 5.87. The molecule has 0 unspecified atom stereocenters. The van der Waals surface area contributed by atoms with Crippen molar-refractivity contribution in [1.82, 2.24) is 0 Å². The van der Waals surface area contributed by atoms with Crippen molar-refractivity contribution in [2.75, 3.05) is 0 Å². The maximum absolute atomic E-state index is 5.77. The first kappa shape index (κ1) is 19.1. The van der Waals surface area contributed by atoms with Gasteiger partial charge in [-0.25, -0.2) is 0 Å². The molecule has 12 heavy (non-hydrogen) atoms. The molecule has 1 aromatic rings. The average Bonchev–Trinajstić information content (AvgIpc) is 1.90. The minimum absolute atomic E-state index is 0. The molecule has 0 heterocycles. The Morgan fingerprint density at radius 2 is 1.25 bits per heavy atom. The van der Waals surface area contributed by atoms with Gasteiger partial charge in [0.25, 0.3) is 0 Å². The molecule has 1 aromatic carbocycles. The van der Waals surface area contributed by atoms with Crippen molar-refractivity contribution < 1.29 is 0 Å². The Balaban J connectivity index is -0.000000270. The second-order valence-electron chi connectivity index (χ2n) is 1.63. The van der Waals surface area contributed by atoms with Crippen LogP contribution in [0.15, 0.2) is 30.3 Å². The molecule has 1 rings (SSSR count). The molecule has 71 valence electrons. The SMILES string of the molecule is Cl.Cl.Cl.[Cl][Sn]([Cl])[c]1ccccc1. The van der Waals surface area contributed by atoms with Gasteiger partial charge in [-0.15, -0.1) is 37.2 Å². The summed E-state index contributed by atoms with van der Waals surface area (Å²) in [6.45, 7) is 0. The van der Waals surface area contributed by atoms with Gasteiger partial charge in [-0.05, 0) is 0 Å². The average molecular weight is 376 g/mol. The van der Waals surface area contributed by atoms with Crippen LogP contribution in [0.2, 0.25) is 0 Å². The van der Waals surface area contributed by atoms with Crippen LogP contribution >= 0.6 is 55.1 Å². The van der Waals surface area contributed by atoms with Gasteiger partial charge >= 0.3 is 69.3 Å². The summed E-state index contributed by atoms with van der Waals surface area (Å²) < 4.78 is 1.14. The second-order valence-corrected chi connectivity index (χ2v) is 11.1. The minimum atomic E-state index is -2.08. The summed E-state index contributed by atoms with van der Waals surface area (Å²) in [5.41, 5.74) is 0. The van der Waals surface area contributed by atoms with E-state index >= 15 is 0 Å². The van der Waals surface area contributed by atoms with Gasteiger partial charge in [0, 0.05) is 0 Å². The first-order valence-corrected chi connectivity index (χ1v) is 11.2. The van der Waals surface area contributed by atoms with E-state index in [-0.39, 0.29) is 37.2 Å². The molecule has 0 nitrogen and oxygen atoms in total. The fourth-order valence-electron chi connectivity index (χ4n) is 0.564. The Morgan fingerprint density at radius 3 is 1.50 bits per heavy atom. The van der Waals surface area contributed by atoms with Crippen LogP contribution in [0.3, 0.4) is 0 Å². The van der Waals surface area contributed by atoms with Gasteiger partial charge in [-0.1, -0.05) is 0 Å². The van der Waals surface area contributed by atoms with Gasteiger partial charge in [0.15, 0.2) is 0 Å². The summed E-state index contributed by atoms with van der Waals surface area (Å²) in [6, 6.07) is 9.84. The normalized spacial score (nSPS) is 7.58. The third kappa shape index (κ3) is 6.93. The number of halogens is 5. The first-order chi connectivity index (χ1) is 4.30. The molecule has 0 saturated heterocycles. The van der Waals surface area contributed by atoms with Gasteiger partial charge in [0.1, 0.15) is 0 Å². The topological polar surface area (TPSA) is 0 Å². The summed E-state index contributed by atoms with van der Waals surface area (Å²) in [4.78, 5) is 0. The van der Waals surface area contributed by atoms with Crippen LogP contribution < -0.4 is 3.58 Å². The van der Waals surface area contributed by atoms with Crippen LogP contribution in [-0.4, -0.2) is 17.5 Å². The number of hydrogen-bond donors (Lipinski definition) is 0. The monoisotopic (exact) mass is 375 g/mol. The van der Waals surface area contributed by atoms with Crippen molar-refractivity contribution in [3.8, 4) is 0 Å². The molecule has 0 spiro atoms. The van der Waals surface area contributed by atoms with Crippen molar-refractivity contribution in [2.45, 2.75) is 0 Å². The van der Waals surface area contributed by atoms with E-state index in [2.05, 4.69) is 0 Å². The van der Waals surface area contributed by atoms with Gasteiger partial charge in [-0.3, -0.25) is 0 Å². The summed E-state index contributed by atoms with van der Waals surface area (Å²) in [5, 5.41) is 0. The van der Waals surface area contributed by atoms with E-state index in [1.165, 1.54) is 0 Å². The quantitative estimate of drug-likeness (QED) is 0.661. The molecular formula is C6H8Cl5Sn. The Hall–Kier alpha value is 1.47. The van der Waals surface area contributed by atoms with Crippen molar-refractivity contribution in [2.24, 2.45) is 0 Å². The van der Waals surface area contributed by atoms with E-state index in [1.807, 2.05) is 30.3 Å². The molecule has 0 aliphatic rings. The molecule has 0 aromatic heterocycles. The van der Waals surface area contributed by atoms with Gasteiger partial charge in [0.05, 0.1) is 0 Å². The Morgan fingerprint density at radius 1 is 0.833 bits per heavy atom. The summed E-state index contributed by atoms with van der Waals surface area (Å²) >= 11 is -2.08. The maximum atomic E-state index is 5.77. The predicted octanol–water partition coefficient (Wildman–Crippen LogP) is 3.12. The molecule has 0 N–H and O–H groups in total. The fourth-order valence-corrected chi connectivity index (χ4v) is 3.52. The van der Waals surface area contributed by atoms with Gasteiger partial charge < -0.3 is 0 Å². The van der Waals surface area contributed by atoms with Gasteiger partial charge in [0.2, 0.25) is 0 Å². The van der Waals surface area contributed by atoms with E-state index in [4.69, 9.17) is 17.8 Å². The zero-order chi connectivity index (χ0) is 6.69. The van der Waals surface area contributed by atoms with Crippen LogP contribution in [0.5, 0.6) is 0 Å². The van der Waals surface area contributed by atoms with Crippen LogP contribution in [0.4, 0.5) is 0 Å². The predicted molar refractivity (Wildman–Crippen MR) is 65.3 cm³/mol. The standard InChI is InChI=1S/C6H5.5ClH.Sn/c1-2-4-6-5-3-1;;;;;;/h1-5H;5*1H;/q;;;;;;+2/p-2. The van der Waals surface area contributed by atoms with Crippen molar-refractivity contribution in [3.05, 3.63) is 30.3 Å². The molecule has 1 radical (unpaired) electrons. The molecule has 0 atom stereocenters. The van der Waals surface area contributed by atoms with Crippen molar-refractivity contribution >= 4 is 76.1 Å². The van der Waals surface area contributed by atoms with E-state index in [1.54, 1.807) is 0 Å². The summed E-state index contributed by atoms with van der Waals surface area (Å²) in [7, 11) is 11.5. The van der Waals surface area contributed by atoms with E-state index in [9.17, 15) is 0 Å². The molecule has 0 aliphatic heterocycles. The first-order valence-electron chi connectivity index (χ1n) is 2.54. The van der Waals surface area contributed by atoms with Gasteiger partial charge in [-0.2, -0.15) is 0 Å². The zero-order valence-corrected chi connectivity index (χ0v) is 12.7.